The van der Waals surface area contributed by atoms with Crippen molar-refractivity contribution in [2.45, 2.75) is 43.0 Å². The highest BCUT2D eigenvalue weighted by molar-refractivity contribution is 7.99. The van der Waals surface area contributed by atoms with Crippen LogP contribution in [-0.2, 0) is 0 Å². The highest BCUT2D eigenvalue weighted by Gasteiger charge is 2.29. The van der Waals surface area contributed by atoms with Crippen molar-refractivity contribution in [2.75, 3.05) is 18.8 Å². The number of benzene rings is 1. The molecule has 2 aromatic rings. The van der Waals surface area contributed by atoms with Crippen LogP contribution in [0.5, 0.6) is 0 Å². The average Bonchev–Trinajstić information content (AvgIpc) is 3.08. The third-order valence-corrected chi connectivity index (χ3v) is 6.05. The molecule has 0 aliphatic carbocycles. The van der Waals surface area contributed by atoms with Gasteiger partial charge in [0, 0.05) is 29.7 Å². The molecule has 0 spiro atoms. The van der Waals surface area contributed by atoms with Gasteiger partial charge in [0.05, 0.1) is 6.04 Å². The molecule has 0 unspecified atom stereocenters. The first-order valence-electron chi connectivity index (χ1n) is 8.78. The van der Waals surface area contributed by atoms with E-state index in [1.165, 1.54) is 10.5 Å². The summed E-state index contributed by atoms with van der Waals surface area (Å²) in [6, 6.07) is 8.50. The van der Waals surface area contributed by atoms with Crippen molar-refractivity contribution in [1.29, 1.82) is 0 Å². The van der Waals surface area contributed by atoms with Crippen LogP contribution in [0.4, 0.5) is 4.79 Å². The van der Waals surface area contributed by atoms with Gasteiger partial charge in [-0.05, 0) is 37.8 Å². The van der Waals surface area contributed by atoms with E-state index < -0.39 is 0 Å². The van der Waals surface area contributed by atoms with E-state index in [1.54, 1.807) is 0 Å². The largest absolute Gasteiger partial charge is 0.339 e. The molecule has 1 N–H and O–H groups in total. The van der Waals surface area contributed by atoms with Crippen LogP contribution in [-0.4, -0.2) is 39.9 Å². The number of carbonyl (C=O) groups is 1. The third-order valence-electron chi connectivity index (χ3n) is 4.93. The molecule has 2 amide bonds. The van der Waals surface area contributed by atoms with Gasteiger partial charge >= 0.3 is 6.03 Å². The molecule has 25 heavy (non-hydrogen) atoms. The fourth-order valence-corrected chi connectivity index (χ4v) is 4.67. The Morgan fingerprint density at radius 1 is 1.28 bits per heavy atom. The summed E-state index contributed by atoms with van der Waals surface area (Å²) >= 11 is 1.87. The molecular formula is C18H22N4O2S. The van der Waals surface area contributed by atoms with Crippen LogP contribution in [0, 0.1) is 6.92 Å². The molecule has 0 saturated carbocycles. The normalized spacial score (nSPS) is 21.0. The molecular weight excluding hydrogens is 336 g/mol. The monoisotopic (exact) mass is 358 g/mol. The Kier molecular flexibility index (Phi) is 4.65. The predicted molar refractivity (Wildman–Crippen MR) is 95.6 cm³/mol. The molecule has 1 aromatic heterocycles. The van der Waals surface area contributed by atoms with Crippen molar-refractivity contribution in [3.63, 3.8) is 0 Å². The second-order valence-corrected chi connectivity index (χ2v) is 7.75. The molecule has 2 aliphatic heterocycles. The summed E-state index contributed by atoms with van der Waals surface area (Å²) in [5.74, 6) is 2.68. The van der Waals surface area contributed by atoms with E-state index in [0.717, 1.165) is 38.1 Å². The van der Waals surface area contributed by atoms with E-state index in [0.29, 0.717) is 11.7 Å². The number of likely N-dealkylation sites (tertiary alicyclic amines) is 1. The quantitative estimate of drug-likeness (QED) is 0.889. The van der Waals surface area contributed by atoms with Crippen LogP contribution in [0.3, 0.4) is 0 Å². The summed E-state index contributed by atoms with van der Waals surface area (Å²) in [7, 11) is 0. The van der Waals surface area contributed by atoms with Gasteiger partial charge in [0.1, 0.15) is 0 Å². The first-order valence-corrected chi connectivity index (χ1v) is 9.76. The van der Waals surface area contributed by atoms with Crippen LogP contribution in [0.1, 0.15) is 48.5 Å². The van der Waals surface area contributed by atoms with Crippen molar-refractivity contribution >= 4 is 17.8 Å². The zero-order chi connectivity index (χ0) is 17.2. The first-order chi connectivity index (χ1) is 12.2. The second-order valence-electron chi connectivity index (χ2n) is 6.62. The Labute approximate surface area is 151 Å². The minimum atomic E-state index is 0.0341. The predicted octanol–water partition coefficient (Wildman–Crippen LogP) is 3.50. The van der Waals surface area contributed by atoms with Crippen LogP contribution >= 0.6 is 11.8 Å². The van der Waals surface area contributed by atoms with E-state index in [-0.39, 0.29) is 18.0 Å². The van der Waals surface area contributed by atoms with E-state index in [1.807, 2.05) is 29.7 Å². The van der Waals surface area contributed by atoms with Gasteiger partial charge in [0.25, 0.3) is 0 Å². The highest BCUT2D eigenvalue weighted by Crippen LogP contribution is 2.36. The summed E-state index contributed by atoms with van der Waals surface area (Å²) in [5, 5.41) is 7.09. The number of amides is 2. The van der Waals surface area contributed by atoms with Gasteiger partial charge in [-0.25, -0.2) is 4.79 Å². The zero-order valence-electron chi connectivity index (χ0n) is 14.3. The van der Waals surface area contributed by atoms with Crippen molar-refractivity contribution < 1.29 is 9.32 Å². The molecule has 1 aromatic carbocycles. The molecule has 1 atom stereocenters. The van der Waals surface area contributed by atoms with Gasteiger partial charge in [0.2, 0.25) is 5.89 Å². The molecule has 132 valence electrons. The highest BCUT2D eigenvalue weighted by atomic mass is 32.2. The number of aromatic nitrogens is 2. The maximum Gasteiger partial charge on any atom is 0.317 e. The van der Waals surface area contributed by atoms with E-state index in [2.05, 4.69) is 33.7 Å². The standard InChI is InChI=1S/C18H22N4O2S/c1-12-19-17(24-21-12)13-6-9-22(10-7-13)18(23)20-15-8-11-25-16-5-3-2-4-14(15)16/h2-5,13,15H,6-11H2,1H3,(H,20,23)/t15-/m0/s1. The number of nitrogens with zero attached hydrogens (tertiary/aromatic N) is 3. The lowest BCUT2D eigenvalue weighted by atomic mass is 9.97. The molecule has 4 rings (SSSR count). The number of nitrogens with one attached hydrogen (secondary N) is 1. The van der Waals surface area contributed by atoms with Gasteiger partial charge in [-0.1, -0.05) is 23.4 Å². The van der Waals surface area contributed by atoms with Crippen LogP contribution in [0.25, 0.3) is 0 Å². The van der Waals surface area contributed by atoms with Crippen molar-refractivity contribution in [3.8, 4) is 0 Å². The molecule has 3 heterocycles. The maximum absolute atomic E-state index is 12.7. The minimum Gasteiger partial charge on any atom is -0.339 e. The Morgan fingerprint density at radius 3 is 2.84 bits per heavy atom. The molecule has 6 nitrogen and oxygen atoms in total. The van der Waals surface area contributed by atoms with E-state index >= 15 is 0 Å². The second kappa shape index (κ2) is 7.07. The SMILES string of the molecule is Cc1noc(C2CCN(C(=O)N[C@H]3CCSc4ccccc43)CC2)n1. The number of urea groups is 1. The third kappa shape index (κ3) is 3.51. The summed E-state index contributed by atoms with van der Waals surface area (Å²) in [5.41, 5.74) is 1.24. The van der Waals surface area contributed by atoms with Crippen LogP contribution in [0.2, 0.25) is 0 Å². The molecule has 0 radical (unpaired) electrons. The number of thioether (sulfide) groups is 1. The van der Waals surface area contributed by atoms with Gasteiger partial charge < -0.3 is 14.7 Å². The van der Waals surface area contributed by atoms with Gasteiger partial charge in [-0.15, -0.1) is 11.8 Å². The fourth-order valence-electron chi connectivity index (χ4n) is 3.54. The molecule has 0 bridgehead atoms. The summed E-state index contributed by atoms with van der Waals surface area (Å²) in [4.78, 5) is 20.2. The van der Waals surface area contributed by atoms with Crippen molar-refractivity contribution in [1.82, 2.24) is 20.4 Å². The Morgan fingerprint density at radius 2 is 2.08 bits per heavy atom. The van der Waals surface area contributed by atoms with Gasteiger partial charge in [-0.3, -0.25) is 0 Å². The zero-order valence-corrected chi connectivity index (χ0v) is 15.1. The van der Waals surface area contributed by atoms with E-state index in [9.17, 15) is 4.79 Å². The summed E-state index contributed by atoms with van der Waals surface area (Å²) in [6.07, 6.45) is 2.71. The average molecular weight is 358 g/mol. The topological polar surface area (TPSA) is 71.3 Å². The summed E-state index contributed by atoms with van der Waals surface area (Å²) in [6.45, 7) is 3.28. The Hall–Kier alpha value is -2.02. The first kappa shape index (κ1) is 16.4. The lowest BCUT2D eigenvalue weighted by Gasteiger charge is -2.33. The van der Waals surface area contributed by atoms with Crippen molar-refractivity contribution in [3.05, 3.63) is 41.5 Å². The number of hydrogen-bond donors (Lipinski definition) is 1. The number of carbonyl (C=O) groups excluding carboxylic acids is 1. The number of hydrogen-bond acceptors (Lipinski definition) is 5. The molecule has 7 heteroatoms. The molecule has 1 fully saturated rings. The minimum absolute atomic E-state index is 0.0341. The Bertz CT molecular complexity index is 755. The van der Waals surface area contributed by atoms with Crippen LogP contribution in [0.15, 0.2) is 33.7 Å². The van der Waals surface area contributed by atoms with Crippen LogP contribution < -0.4 is 5.32 Å². The fraction of sp³-hybridized carbons (Fsp3) is 0.500. The maximum atomic E-state index is 12.7. The number of piperidine rings is 1. The Balaban J connectivity index is 1.35. The van der Waals surface area contributed by atoms with Gasteiger partial charge in [-0.2, -0.15) is 4.98 Å². The number of aryl methyl sites for hydroxylation is 1. The lowest BCUT2D eigenvalue weighted by Crippen LogP contribution is -2.45. The lowest BCUT2D eigenvalue weighted by molar-refractivity contribution is 0.171. The van der Waals surface area contributed by atoms with E-state index in [4.69, 9.17) is 4.52 Å². The summed E-state index contributed by atoms with van der Waals surface area (Å²) < 4.78 is 5.28. The van der Waals surface area contributed by atoms with Gasteiger partial charge in [0.15, 0.2) is 5.82 Å². The van der Waals surface area contributed by atoms with Crippen molar-refractivity contribution in [2.24, 2.45) is 0 Å². The molecule has 1 saturated heterocycles. The number of rotatable bonds is 2. The number of fused-ring (bicyclic) bond motifs is 1. The smallest absolute Gasteiger partial charge is 0.317 e. The molecule has 2 aliphatic rings.